The summed E-state index contributed by atoms with van der Waals surface area (Å²) < 4.78 is 11.6. The summed E-state index contributed by atoms with van der Waals surface area (Å²) in [5.41, 5.74) is 2.22. The van der Waals surface area contributed by atoms with Crippen LogP contribution >= 0.6 is 0 Å². The van der Waals surface area contributed by atoms with E-state index in [9.17, 15) is 4.79 Å². The van der Waals surface area contributed by atoms with Crippen molar-refractivity contribution in [3.8, 4) is 17.2 Å². The van der Waals surface area contributed by atoms with Crippen LogP contribution in [0, 0.1) is 0 Å². The van der Waals surface area contributed by atoms with Gasteiger partial charge < -0.3 is 14.4 Å². The maximum absolute atomic E-state index is 12.7. The molecule has 0 radical (unpaired) electrons. The molecule has 4 heteroatoms. The fourth-order valence-corrected chi connectivity index (χ4v) is 3.27. The van der Waals surface area contributed by atoms with Crippen LogP contribution in [0.4, 0.5) is 5.69 Å². The summed E-state index contributed by atoms with van der Waals surface area (Å²) in [6.07, 6.45) is 1.99. The third-order valence-electron chi connectivity index (χ3n) is 4.56. The first kappa shape index (κ1) is 17.2. The van der Waals surface area contributed by atoms with Crippen LogP contribution in [0.1, 0.15) is 12.0 Å². The number of fused-ring (bicyclic) bond motifs is 1. The fraction of sp³-hybridized carbons (Fsp3) is 0.174. The van der Waals surface area contributed by atoms with Crippen LogP contribution in [-0.2, 0) is 11.2 Å². The molecule has 1 heterocycles. The molecule has 0 bridgehead atoms. The topological polar surface area (TPSA) is 38.8 Å². The number of nitrogens with zero attached hydrogens (tertiary/aromatic N) is 1. The summed E-state index contributed by atoms with van der Waals surface area (Å²) in [4.78, 5) is 14.5. The van der Waals surface area contributed by atoms with Gasteiger partial charge in [0.1, 0.15) is 17.2 Å². The SMILES string of the molecule is O=C(COc1cccc(Oc2ccccc2)c1)N1CCCc2ccccc21. The Labute approximate surface area is 159 Å². The number of rotatable bonds is 5. The van der Waals surface area contributed by atoms with E-state index in [2.05, 4.69) is 6.07 Å². The third-order valence-corrected chi connectivity index (χ3v) is 4.56. The number of carbonyl (C=O) groups excluding carboxylic acids is 1. The minimum atomic E-state index is -0.0310. The van der Waals surface area contributed by atoms with Crippen LogP contribution in [-0.4, -0.2) is 19.1 Å². The Morgan fingerprint density at radius 3 is 2.48 bits per heavy atom. The Morgan fingerprint density at radius 2 is 1.59 bits per heavy atom. The summed E-state index contributed by atoms with van der Waals surface area (Å²) in [5.74, 6) is 2.02. The van der Waals surface area contributed by atoms with E-state index in [1.165, 1.54) is 5.56 Å². The smallest absolute Gasteiger partial charge is 0.264 e. The van der Waals surface area contributed by atoms with Gasteiger partial charge >= 0.3 is 0 Å². The summed E-state index contributed by atoms with van der Waals surface area (Å²) in [5, 5.41) is 0. The molecule has 0 saturated carbocycles. The van der Waals surface area contributed by atoms with Crippen LogP contribution in [0.2, 0.25) is 0 Å². The van der Waals surface area contributed by atoms with E-state index in [-0.39, 0.29) is 12.5 Å². The van der Waals surface area contributed by atoms with Gasteiger partial charge in [-0.2, -0.15) is 0 Å². The van der Waals surface area contributed by atoms with E-state index in [1.807, 2.05) is 71.6 Å². The standard InChI is InChI=1S/C23H21NO3/c25-23(24-15-7-9-18-8-4-5-14-22(18)24)17-26-20-12-6-13-21(16-20)27-19-10-2-1-3-11-19/h1-6,8,10-14,16H,7,9,15,17H2. The number of benzene rings is 3. The van der Waals surface area contributed by atoms with Crippen molar-refractivity contribution in [2.45, 2.75) is 12.8 Å². The molecule has 0 fully saturated rings. The molecule has 4 nitrogen and oxygen atoms in total. The van der Waals surface area contributed by atoms with E-state index in [4.69, 9.17) is 9.47 Å². The molecule has 136 valence electrons. The van der Waals surface area contributed by atoms with Crippen molar-refractivity contribution in [1.82, 2.24) is 0 Å². The average Bonchev–Trinajstić information content (AvgIpc) is 2.72. The van der Waals surface area contributed by atoms with E-state index in [0.29, 0.717) is 11.5 Å². The van der Waals surface area contributed by atoms with Crippen LogP contribution in [0.25, 0.3) is 0 Å². The van der Waals surface area contributed by atoms with Gasteiger partial charge in [-0.1, -0.05) is 42.5 Å². The first-order valence-electron chi connectivity index (χ1n) is 9.14. The molecule has 1 amide bonds. The molecule has 0 aliphatic carbocycles. The summed E-state index contributed by atoms with van der Waals surface area (Å²) >= 11 is 0. The molecule has 0 saturated heterocycles. The Morgan fingerprint density at radius 1 is 0.852 bits per heavy atom. The highest BCUT2D eigenvalue weighted by Crippen LogP contribution is 2.28. The molecular weight excluding hydrogens is 338 g/mol. The minimum absolute atomic E-state index is 0.00310. The van der Waals surface area contributed by atoms with Crippen LogP contribution in [0.15, 0.2) is 78.9 Å². The molecule has 0 aromatic heterocycles. The molecule has 4 rings (SSSR count). The van der Waals surface area contributed by atoms with Crippen molar-refractivity contribution >= 4 is 11.6 Å². The van der Waals surface area contributed by atoms with Gasteiger partial charge in [0.2, 0.25) is 0 Å². The zero-order chi connectivity index (χ0) is 18.5. The minimum Gasteiger partial charge on any atom is -0.484 e. The first-order chi connectivity index (χ1) is 13.3. The lowest BCUT2D eigenvalue weighted by Gasteiger charge is -2.29. The predicted octanol–water partition coefficient (Wildman–Crippen LogP) is 4.84. The number of anilines is 1. The molecule has 3 aromatic rings. The molecule has 0 atom stereocenters. The largest absolute Gasteiger partial charge is 0.484 e. The number of carbonyl (C=O) groups is 1. The van der Waals surface area contributed by atoms with Gasteiger partial charge in [0.25, 0.3) is 5.91 Å². The second-order valence-corrected chi connectivity index (χ2v) is 6.46. The summed E-state index contributed by atoms with van der Waals surface area (Å²) in [6, 6.07) is 25.0. The monoisotopic (exact) mass is 359 g/mol. The van der Waals surface area contributed by atoms with Crippen molar-refractivity contribution in [3.63, 3.8) is 0 Å². The Hall–Kier alpha value is -3.27. The second-order valence-electron chi connectivity index (χ2n) is 6.46. The predicted molar refractivity (Wildman–Crippen MR) is 106 cm³/mol. The lowest BCUT2D eigenvalue weighted by molar-refractivity contribution is -0.120. The number of para-hydroxylation sites is 2. The van der Waals surface area contributed by atoms with Gasteiger partial charge in [0.05, 0.1) is 0 Å². The van der Waals surface area contributed by atoms with Crippen LogP contribution < -0.4 is 14.4 Å². The van der Waals surface area contributed by atoms with Crippen molar-refractivity contribution in [1.29, 1.82) is 0 Å². The normalized spacial score (nSPS) is 13.0. The van der Waals surface area contributed by atoms with Gasteiger partial charge in [-0.3, -0.25) is 4.79 Å². The molecule has 27 heavy (non-hydrogen) atoms. The number of hydrogen-bond acceptors (Lipinski definition) is 3. The zero-order valence-electron chi connectivity index (χ0n) is 15.0. The first-order valence-corrected chi connectivity index (χ1v) is 9.14. The quantitative estimate of drug-likeness (QED) is 0.654. The van der Waals surface area contributed by atoms with Crippen molar-refractivity contribution < 1.29 is 14.3 Å². The highest BCUT2D eigenvalue weighted by molar-refractivity contribution is 5.95. The number of ether oxygens (including phenoxy) is 2. The maximum Gasteiger partial charge on any atom is 0.264 e. The third kappa shape index (κ3) is 4.11. The molecule has 3 aromatic carbocycles. The van der Waals surface area contributed by atoms with E-state index < -0.39 is 0 Å². The van der Waals surface area contributed by atoms with Crippen molar-refractivity contribution in [2.24, 2.45) is 0 Å². The number of amides is 1. The zero-order valence-corrected chi connectivity index (χ0v) is 15.0. The van der Waals surface area contributed by atoms with Gasteiger partial charge in [-0.05, 0) is 48.7 Å². The highest BCUT2D eigenvalue weighted by atomic mass is 16.5. The van der Waals surface area contributed by atoms with Crippen LogP contribution in [0.3, 0.4) is 0 Å². The Kier molecular flexibility index (Phi) is 5.06. The molecule has 0 spiro atoms. The fourth-order valence-electron chi connectivity index (χ4n) is 3.27. The number of aryl methyl sites for hydroxylation is 1. The molecule has 0 unspecified atom stereocenters. The highest BCUT2D eigenvalue weighted by Gasteiger charge is 2.22. The van der Waals surface area contributed by atoms with Gasteiger partial charge in [0, 0.05) is 18.3 Å². The summed E-state index contributed by atoms with van der Waals surface area (Å²) in [6.45, 7) is 0.736. The van der Waals surface area contributed by atoms with Crippen molar-refractivity contribution in [3.05, 3.63) is 84.4 Å². The number of hydrogen-bond donors (Lipinski definition) is 0. The van der Waals surface area contributed by atoms with Gasteiger partial charge in [-0.25, -0.2) is 0 Å². The average molecular weight is 359 g/mol. The Bertz CT molecular complexity index is 924. The lowest BCUT2D eigenvalue weighted by atomic mass is 10.0. The van der Waals surface area contributed by atoms with E-state index in [0.717, 1.165) is 30.8 Å². The molecule has 0 N–H and O–H groups in total. The van der Waals surface area contributed by atoms with Crippen LogP contribution in [0.5, 0.6) is 17.2 Å². The molecule has 1 aliphatic rings. The lowest BCUT2D eigenvalue weighted by Crippen LogP contribution is -2.38. The van der Waals surface area contributed by atoms with Gasteiger partial charge in [-0.15, -0.1) is 0 Å². The van der Waals surface area contributed by atoms with Crippen molar-refractivity contribution in [2.75, 3.05) is 18.1 Å². The maximum atomic E-state index is 12.7. The second kappa shape index (κ2) is 7.96. The summed E-state index contributed by atoms with van der Waals surface area (Å²) in [7, 11) is 0. The van der Waals surface area contributed by atoms with E-state index in [1.54, 1.807) is 6.07 Å². The molecular formula is C23H21NO3. The Balaban J connectivity index is 1.41. The molecule has 1 aliphatic heterocycles. The van der Waals surface area contributed by atoms with Gasteiger partial charge in [0.15, 0.2) is 6.61 Å². The van der Waals surface area contributed by atoms with E-state index >= 15 is 0 Å².